The van der Waals surface area contributed by atoms with E-state index in [1.54, 1.807) is 0 Å². The number of nitrogens with two attached hydrogens (primary N) is 1. The van der Waals surface area contributed by atoms with Gasteiger partial charge in [0.1, 0.15) is 6.61 Å². The molecule has 1 fully saturated rings. The number of rotatable bonds is 6. The van der Waals surface area contributed by atoms with E-state index in [0.29, 0.717) is 18.9 Å². The fourth-order valence-corrected chi connectivity index (χ4v) is 2.92. The number of halogens is 3. The molecule has 1 saturated carbocycles. The summed E-state index contributed by atoms with van der Waals surface area (Å²) in [6, 6.07) is 0. The van der Waals surface area contributed by atoms with Gasteiger partial charge in [-0.15, -0.1) is 0 Å². The van der Waals surface area contributed by atoms with Gasteiger partial charge in [0.25, 0.3) is 0 Å². The van der Waals surface area contributed by atoms with Crippen LogP contribution < -0.4 is 5.73 Å². The lowest BCUT2D eigenvalue weighted by molar-refractivity contribution is -0.175. The number of alkyl halides is 3. The molecular formula is C13H24F3NO. The van der Waals surface area contributed by atoms with Gasteiger partial charge >= 0.3 is 6.18 Å². The van der Waals surface area contributed by atoms with Gasteiger partial charge in [0.05, 0.1) is 0 Å². The van der Waals surface area contributed by atoms with Crippen molar-refractivity contribution in [1.82, 2.24) is 0 Å². The normalized spacial score (nSPS) is 29.5. The molecule has 18 heavy (non-hydrogen) atoms. The highest BCUT2D eigenvalue weighted by molar-refractivity contribution is 4.87. The van der Waals surface area contributed by atoms with Crippen LogP contribution in [0.4, 0.5) is 13.2 Å². The summed E-state index contributed by atoms with van der Waals surface area (Å²) in [4.78, 5) is 0. The van der Waals surface area contributed by atoms with Gasteiger partial charge in [-0.1, -0.05) is 26.2 Å². The number of ether oxygens (including phenoxy) is 1. The molecule has 1 aliphatic carbocycles. The van der Waals surface area contributed by atoms with Gasteiger partial charge in [0.15, 0.2) is 0 Å². The van der Waals surface area contributed by atoms with E-state index in [9.17, 15) is 13.2 Å². The third-order valence-corrected chi connectivity index (χ3v) is 4.09. The van der Waals surface area contributed by atoms with E-state index in [2.05, 4.69) is 6.92 Å². The topological polar surface area (TPSA) is 35.2 Å². The molecule has 1 rings (SSSR count). The van der Waals surface area contributed by atoms with E-state index in [1.165, 1.54) is 6.42 Å². The maximum absolute atomic E-state index is 12.0. The lowest BCUT2D eigenvalue weighted by atomic mass is 9.67. The molecule has 0 aliphatic heterocycles. The Balaban J connectivity index is 2.36. The summed E-state index contributed by atoms with van der Waals surface area (Å²) in [5, 5.41) is 0. The highest BCUT2D eigenvalue weighted by atomic mass is 19.4. The minimum absolute atomic E-state index is 0.00449. The molecule has 2 atom stereocenters. The zero-order valence-corrected chi connectivity index (χ0v) is 11.1. The molecule has 0 heterocycles. The first-order chi connectivity index (χ1) is 8.41. The van der Waals surface area contributed by atoms with Crippen molar-refractivity contribution in [2.45, 2.75) is 51.6 Å². The summed E-state index contributed by atoms with van der Waals surface area (Å²) < 4.78 is 40.6. The van der Waals surface area contributed by atoms with E-state index in [-0.39, 0.29) is 12.0 Å². The molecule has 0 radical (unpaired) electrons. The summed E-state index contributed by atoms with van der Waals surface area (Å²) in [6.07, 6.45) is 1.97. The molecule has 0 spiro atoms. The molecule has 0 amide bonds. The van der Waals surface area contributed by atoms with Crippen molar-refractivity contribution in [2.24, 2.45) is 17.1 Å². The summed E-state index contributed by atoms with van der Waals surface area (Å²) in [5.41, 5.74) is 5.85. The van der Waals surface area contributed by atoms with Crippen LogP contribution in [0.5, 0.6) is 0 Å². The maximum atomic E-state index is 12.0. The summed E-state index contributed by atoms with van der Waals surface area (Å²) in [5.74, 6) is 0.671. The van der Waals surface area contributed by atoms with Crippen LogP contribution >= 0.6 is 0 Å². The Morgan fingerprint density at radius 2 is 2.11 bits per heavy atom. The first-order valence-corrected chi connectivity index (χ1v) is 6.75. The quantitative estimate of drug-likeness (QED) is 0.747. The van der Waals surface area contributed by atoms with Crippen LogP contribution in [0.2, 0.25) is 0 Å². The second kappa shape index (κ2) is 6.75. The second-order valence-corrected chi connectivity index (χ2v) is 5.49. The molecule has 0 aromatic heterocycles. The van der Waals surface area contributed by atoms with Crippen molar-refractivity contribution >= 4 is 0 Å². The summed E-state index contributed by atoms with van der Waals surface area (Å²) in [6.45, 7) is 1.73. The predicted octanol–water partition coefficient (Wildman–Crippen LogP) is 3.50. The highest BCUT2D eigenvalue weighted by Crippen LogP contribution is 2.42. The molecule has 2 nitrogen and oxygen atoms in total. The van der Waals surface area contributed by atoms with Gasteiger partial charge in [0.2, 0.25) is 0 Å². The fourth-order valence-electron chi connectivity index (χ4n) is 2.92. The molecule has 1 aliphatic rings. The summed E-state index contributed by atoms with van der Waals surface area (Å²) in [7, 11) is 0. The van der Waals surface area contributed by atoms with Gasteiger partial charge < -0.3 is 10.5 Å². The molecule has 0 saturated heterocycles. The van der Waals surface area contributed by atoms with Crippen molar-refractivity contribution < 1.29 is 17.9 Å². The lowest BCUT2D eigenvalue weighted by Gasteiger charge is -2.40. The molecule has 0 aromatic carbocycles. The first kappa shape index (κ1) is 15.8. The Morgan fingerprint density at radius 1 is 1.39 bits per heavy atom. The standard InChI is InChI=1S/C13H24F3NO/c1-2-11-4-3-5-12(8-11,9-17)6-7-18-10-13(14,15)16/h11H,2-10,17H2,1H3. The van der Waals surface area contributed by atoms with Crippen LogP contribution in [0.1, 0.15) is 45.4 Å². The maximum Gasteiger partial charge on any atom is 0.411 e. The Hall–Kier alpha value is -0.290. The Bertz CT molecular complexity index is 245. The smallest absolute Gasteiger partial charge is 0.372 e. The van der Waals surface area contributed by atoms with Crippen LogP contribution in [-0.4, -0.2) is 25.9 Å². The van der Waals surface area contributed by atoms with E-state index < -0.39 is 12.8 Å². The monoisotopic (exact) mass is 267 g/mol. The molecule has 2 N–H and O–H groups in total. The van der Waals surface area contributed by atoms with Crippen molar-refractivity contribution in [2.75, 3.05) is 19.8 Å². The molecule has 108 valence electrons. The third kappa shape index (κ3) is 5.14. The Labute approximate surface area is 107 Å². The molecule has 2 unspecified atom stereocenters. The second-order valence-electron chi connectivity index (χ2n) is 5.49. The van der Waals surface area contributed by atoms with Gasteiger partial charge in [0, 0.05) is 6.61 Å². The average molecular weight is 267 g/mol. The SMILES string of the molecule is CCC1CCCC(CN)(CCOCC(F)(F)F)C1. The fraction of sp³-hybridized carbons (Fsp3) is 1.00. The van der Waals surface area contributed by atoms with Crippen LogP contribution in [-0.2, 0) is 4.74 Å². The largest absolute Gasteiger partial charge is 0.411 e. The zero-order chi connectivity index (χ0) is 13.6. The minimum Gasteiger partial charge on any atom is -0.372 e. The third-order valence-electron chi connectivity index (χ3n) is 4.09. The predicted molar refractivity (Wildman–Crippen MR) is 65.2 cm³/mol. The Kier molecular flexibility index (Phi) is 5.92. The van der Waals surface area contributed by atoms with Gasteiger partial charge in [-0.25, -0.2) is 0 Å². The zero-order valence-electron chi connectivity index (χ0n) is 11.1. The van der Waals surface area contributed by atoms with E-state index in [0.717, 1.165) is 25.7 Å². The minimum atomic E-state index is -4.23. The average Bonchev–Trinajstić information content (AvgIpc) is 2.34. The van der Waals surface area contributed by atoms with Crippen LogP contribution in [0.25, 0.3) is 0 Å². The van der Waals surface area contributed by atoms with Gasteiger partial charge in [-0.3, -0.25) is 0 Å². The lowest BCUT2D eigenvalue weighted by Crippen LogP contribution is -2.37. The first-order valence-electron chi connectivity index (χ1n) is 6.75. The van der Waals surface area contributed by atoms with Gasteiger partial charge in [-0.05, 0) is 37.1 Å². The van der Waals surface area contributed by atoms with E-state index >= 15 is 0 Å². The number of hydrogen-bond acceptors (Lipinski definition) is 2. The van der Waals surface area contributed by atoms with Crippen LogP contribution in [0, 0.1) is 11.3 Å². The number of hydrogen-bond donors (Lipinski definition) is 1. The van der Waals surface area contributed by atoms with Crippen LogP contribution in [0.3, 0.4) is 0 Å². The Morgan fingerprint density at radius 3 is 2.67 bits per heavy atom. The van der Waals surface area contributed by atoms with Crippen LogP contribution in [0.15, 0.2) is 0 Å². The molecular weight excluding hydrogens is 243 g/mol. The van der Waals surface area contributed by atoms with Gasteiger partial charge in [-0.2, -0.15) is 13.2 Å². The molecule has 0 bridgehead atoms. The highest BCUT2D eigenvalue weighted by Gasteiger charge is 2.35. The van der Waals surface area contributed by atoms with Crippen molar-refractivity contribution in [3.05, 3.63) is 0 Å². The molecule has 0 aromatic rings. The van der Waals surface area contributed by atoms with Crippen molar-refractivity contribution in [1.29, 1.82) is 0 Å². The van der Waals surface area contributed by atoms with E-state index in [1.807, 2.05) is 0 Å². The van der Waals surface area contributed by atoms with E-state index in [4.69, 9.17) is 10.5 Å². The van der Waals surface area contributed by atoms with Crippen molar-refractivity contribution in [3.63, 3.8) is 0 Å². The summed E-state index contributed by atoms with van der Waals surface area (Å²) >= 11 is 0. The van der Waals surface area contributed by atoms with Crippen molar-refractivity contribution in [3.8, 4) is 0 Å². The molecule has 5 heteroatoms.